The van der Waals surface area contributed by atoms with Crippen molar-refractivity contribution in [1.29, 1.82) is 0 Å². The van der Waals surface area contributed by atoms with Gasteiger partial charge in [0.1, 0.15) is 6.26 Å². The molecule has 19 heavy (non-hydrogen) atoms. The van der Waals surface area contributed by atoms with Crippen LogP contribution >= 0.6 is 0 Å². The van der Waals surface area contributed by atoms with Gasteiger partial charge in [0.25, 0.3) is 6.01 Å². The molecule has 1 aliphatic rings. The van der Waals surface area contributed by atoms with Crippen molar-refractivity contribution in [2.24, 2.45) is 17.8 Å². The lowest BCUT2D eigenvalue weighted by atomic mass is 9.89. The zero-order chi connectivity index (χ0) is 13.8. The SMILES string of the molecule is CC(C)CNCc1coc(N2CCC(C)C(C)C2)n1. The van der Waals surface area contributed by atoms with Crippen molar-refractivity contribution in [3.8, 4) is 0 Å². The summed E-state index contributed by atoms with van der Waals surface area (Å²) in [6.07, 6.45) is 3.01. The molecule has 4 heteroatoms. The summed E-state index contributed by atoms with van der Waals surface area (Å²) in [5.74, 6) is 2.18. The van der Waals surface area contributed by atoms with Crippen LogP contribution in [0.1, 0.15) is 39.8 Å². The van der Waals surface area contributed by atoms with Crippen molar-refractivity contribution in [2.75, 3.05) is 24.5 Å². The van der Waals surface area contributed by atoms with E-state index in [0.717, 1.165) is 43.8 Å². The van der Waals surface area contributed by atoms with Crippen molar-refractivity contribution < 1.29 is 4.42 Å². The lowest BCUT2D eigenvalue weighted by Gasteiger charge is -2.34. The number of rotatable bonds is 5. The third kappa shape index (κ3) is 3.96. The molecular weight excluding hydrogens is 238 g/mol. The smallest absolute Gasteiger partial charge is 0.297 e. The van der Waals surface area contributed by atoms with E-state index in [1.54, 1.807) is 6.26 Å². The number of oxazole rings is 1. The normalized spacial score (nSPS) is 24.2. The molecule has 0 bridgehead atoms. The highest BCUT2D eigenvalue weighted by atomic mass is 16.4. The van der Waals surface area contributed by atoms with Crippen molar-refractivity contribution in [3.63, 3.8) is 0 Å². The van der Waals surface area contributed by atoms with Crippen molar-refractivity contribution >= 4 is 6.01 Å². The van der Waals surface area contributed by atoms with Gasteiger partial charge in [0.05, 0.1) is 5.69 Å². The van der Waals surface area contributed by atoms with Crippen molar-refractivity contribution in [2.45, 2.75) is 40.7 Å². The van der Waals surface area contributed by atoms with E-state index in [0.29, 0.717) is 11.8 Å². The van der Waals surface area contributed by atoms with Gasteiger partial charge in [0, 0.05) is 19.6 Å². The second kappa shape index (κ2) is 6.42. The summed E-state index contributed by atoms with van der Waals surface area (Å²) in [5, 5.41) is 3.39. The van der Waals surface area contributed by atoms with Crippen LogP contribution in [0.15, 0.2) is 10.7 Å². The van der Waals surface area contributed by atoms with Gasteiger partial charge in [-0.15, -0.1) is 0 Å². The number of anilines is 1. The second-order valence-corrected chi connectivity index (χ2v) is 6.34. The number of nitrogens with zero attached hydrogens (tertiary/aromatic N) is 2. The Morgan fingerprint density at radius 2 is 2.21 bits per heavy atom. The second-order valence-electron chi connectivity index (χ2n) is 6.34. The summed E-state index contributed by atoms with van der Waals surface area (Å²) in [5.41, 5.74) is 1.00. The molecule has 1 aliphatic heterocycles. The van der Waals surface area contributed by atoms with Gasteiger partial charge in [0.15, 0.2) is 0 Å². The maximum Gasteiger partial charge on any atom is 0.297 e. The van der Waals surface area contributed by atoms with E-state index < -0.39 is 0 Å². The highest BCUT2D eigenvalue weighted by Crippen LogP contribution is 2.26. The summed E-state index contributed by atoms with van der Waals surface area (Å²) in [6, 6.07) is 0.792. The zero-order valence-corrected chi connectivity index (χ0v) is 12.6. The van der Waals surface area contributed by atoms with Crippen LogP contribution in [-0.2, 0) is 6.54 Å². The average molecular weight is 265 g/mol. The topological polar surface area (TPSA) is 41.3 Å². The maximum absolute atomic E-state index is 5.62. The zero-order valence-electron chi connectivity index (χ0n) is 12.6. The van der Waals surface area contributed by atoms with Crippen LogP contribution in [0.3, 0.4) is 0 Å². The van der Waals surface area contributed by atoms with E-state index in [-0.39, 0.29) is 0 Å². The van der Waals surface area contributed by atoms with Crippen molar-refractivity contribution in [3.05, 3.63) is 12.0 Å². The third-order valence-corrected chi connectivity index (χ3v) is 4.00. The van der Waals surface area contributed by atoms with Gasteiger partial charge in [-0.2, -0.15) is 4.98 Å². The Kier molecular flexibility index (Phi) is 4.86. The molecular formula is C15H27N3O. The molecule has 2 unspecified atom stereocenters. The fourth-order valence-electron chi connectivity index (χ4n) is 2.45. The van der Waals surface area contributed by atoms with Gasteiger partial charge in [-0.3, -0.25) is 0 Å². The van der Waals surface area contributed by atoms with Crippen LogP contribution in [0.2, 0.25) is 0 Å². The lowest BCUT2D eigenvalue weighted by Crippen LogP contribution is -2.38. The first kappa shape index (κ1) is 14.4. The van der Waals surface area contributed by atoms with E-state index >= 15 is 0 Å². The predicted molar refractivity (Wildman–Crippen MR) is 78.2 cm³/mol. The molecule has 0 aliphatic carbocycles. The minimum atomic E-state index is 0.663. The molecule has 1 saturated heterocycles. The van der Waals surface area contributed by atoms with Gasteiger partial charge >= 0.3 is 0 Å². The first-order valence-electron chi connectivity index (χ1n) is 7.46. The molecule has 0 saturated carbocycles. The average Bonchev–Trinajstić information content (AvgIpc) is 2.81. The fourth-order valence-corrected chi connectivity index (χ4v) is 2.45. The standard InChI is InChI=1S/C15H27N3O/c1-11(2)7-16-8-14-10-19-15(17-14)18-6-5-12(3)13(4)9-18/h10-13,16H,5-9H2,1-4H3. The highest BCUT2D eigenvalue weighted by molar-refractivity contribution is 5.28. The first-order valence-corrected chi connectivity index (χ1v) is 7.46. The molecule has 0 amide bonds. The molecule has 1 aromatic heterocycles. The Balaban J connectivity index is 1.86. The highest BCUT2D eigenvalue weighted by Gasteiger charge is 2.25. The molecule has 1 aromatic rings. The van der Waals surface area contributed by atoms with Gasteiger partial charge in [-0.05, 0) is 30.7 Å². The molecule has 0 radical (unpaired) electrons. The number of hydrogen-bond acceptors (Lipinski definition) is 4. The quantitative estimate of drug-likeness (QED) is 0.889. The summed E-state index contributed by atoms with van der Waals surface area (Å²) in [4.78, 5) is 6.86. The summed E-state index contributed by atoms with van der Waals surface area (Å²) in [6.45, 7) is 13.0. The molecule has 108 valence electrons. The van der Waals surface area contributed by atoms with E-state index in [9.17, 15) is 0 Å². The Labute approximate surface area is 116 Å². The van der Waals surface area contributed by atoms with Crippen LogP contribution in [0.25, 0.3) is 0 Å². The van der Waals surface area contributed by atoms with Crippen LogP contribution in [0, 0.1) is 17.8 Å². The summed E-state index contributed by atoms with van der Waals surface area (Å²) >= 11 is 0. The monoisotopic (exact) mass is 265 g/mol. The first-order chi connectivity index (χ1) is 9.06. The van der Waals surface area contributed by atoms with Gasteiger partial charge in [0.2, 0.25) is 0 Å². The Bertz CT molecular complexity index is 388. The molecule has 0 aromatic carbocycles. The summed E-state index contributed by atoms with van der Waals surface area (Å²) < 4.78 is 5.62. The van der Waals surface area contributed by atoms with Gasteiger partial charge < -0.3 is 14.6 Å². The van der Waals surface area contributed by atoms with Crippen molar-refractivity contribution in [1.82, 2.24) is 10.3 Å². The maximum atomic E-state index is 5.62. The predicted octanol–water partition coefficient (Wildman–Crippen LogP) is 2.90. The molecule has 0 spiro atoms. The van der Waals surface area contributed by atoms with Crippen LogP contribution < -0.4 is 10.2 Å². The molecule has 2 heterocycles. The van der Waals surface area contributed by atoms with Gasteiger partial charge in [-0.1, -0.05) is 27.7 Å². The van der Waals surface area contributed by atoms with Crippen LogP contribution in [0.4, 0.5) is 6.01 Å². The van der Waals surface area contributed by atoms with Crippen LogP contribution in [-0.4, -0.2) is 24.6 Å². The number of aromatic nitrogens is 1. The van der Waals surface area contributed by atoms with Crippen LogP contribution in [0.5, 0.6) is 0 Å². The Morgan fingerprint density at radius 3 is 2.89 bits per heavy atom. The number of piperidine rings is 1. The van der Waals surface area contributed by atoms with E-state index in [1.807, 2.05) is 0 Å². The summed E-state index contributed by atoms with van der Waals surface area (Å²) in [7, 11) is 0. The molecule has 2 rings (SSSR count). The van der Waals surface area contributed by atoms with Gasteiger partial charge in [-0.25, -0.2) is 0 Å². The molecule has 2 atom stereocenters. The molecule has 1 fully saturated rings. The number of hydrogen-bond donors (Lipinski definition) is 1. The fraction of sp³-hybridized carbons (Fsp3) is 0.800. The minimum Gasteiger partial charge on any atom is -0.432 e. The Morgan fingerprint density at radius 1 is 1.42 bits per heavy atom. The van der Waals surface area contributed by atoms with E-state index in [2.05, 4.69) is 42.9 Å². The minimum absolute atomic E-state index is 0.663. The Hall–Kier alpha value is -1.03. The van der Waals surface area contributed by atoms with E-state index in [4.69, 9.17) is 4.42 Å². The lowest BCUT2D eigenvalue weighted by molar-refractivity contribution is 0.313. The largest absolute Gasteiger partial charge is 0.432 e. The molecule has 1 N–H and O–H groups in total. The van der Waals surface area contributed by atoms with E-state index in [1.165, 1.54) is 6.42 Å². The molecule has 4 nitrogen and oxygen atoms in total. The number of nitrogens with one attached hydrogen (secondary N) is 1. The third-order valence-electron chi connectivity index (χ3n) is 4.00.